The highest BCUT2D eigenvalue weighted by Crippen LogP contribution is 2.33. The molecule has 2 N–H and O–H groups in total. The average molecular weight is 479 g/mol. The van der Waals surface area contributed by atoms with Crippen molar-refractivity contribution in [2.45, 2.75) is 19.8 Å². The van der Waals surface area contributed by atoms with E-state index in [2.05, 4.69) is 31.6 Å². The Balaban J connectivity index is 1.43. The molecule has 0 bridgehead atoms. The molecular weight excluding hydrogens is 452 g/mol. The lowest BCUT2D eigenvalue weighted by molar-refractivity contribution is 0.238. The minimum atomic E-state index is 0.320. The molecule has 4 rings (SSSR count). The van der Waals surface area contributed by atoms with Crippen LogP contribution in [0, 0.1) is 18.3 Å². The number of nitrogens with zero attached hydrogens (tertiary/aromatic N) is 4. The minimum absolute atomic E-state index is 0.320. The standard InChI is InChI=1S/C25H27ClN6O2/c1-17-13-21(26)23(33-2)14-22(17)30-24-18(15-27)16-28-25(31-24)29-19-5-7-20(8-6-19)34-12-11-32-9-3-4-10-32/h5-8,13-14,16H,3-4,9-12H2,1-2H3,(H2,28,29,30,31). The highest BCUT2D eigenvalue weighted by molar-refractivity contribution is 6.32. The number of ether oxygens (including phenoxy) is 2. The number of halogens is 1. The van der Waals surface area contributed by atoms with Crippen molar-refractivity contribution >= 4 is 34.7 Å². The average Bonchev–Trinajstić information content (AvgIpc) is 3.36. The third-order valence-electron chi connectivity index (χ3n) is 5.65. The molecule has 2 heterocycles. The van der Waals surface area contributed by atoms with Crippen LogP contribution >= 0.6 is 11.6 Å². The summed E-state index contributed by atoms with van der Waals surface area (Å²) in [7, 11) is 1.55. The van der Waals surface area contributed by atoms with Crippen LogP contribution in [0.2, 0.25) is 5.02 Å². The molecule has 1 fully saturated rings. The Labute approximate surface area is 204 Å². The summed E-state index contributed by atoms with van der Waals surface area (Å²) in [6.45, 7) is 5.87. The summed E-state index contributed by atoms with van der Waals surface area (Å²) >= 11 is 6.20. The molecule has 3 aromatic rings. The Hall–Kier alpha value is -3.54. The Bertz CT molecular complexity index is 1170. The first-order valence-electron chi connectivity index (χ1n) is 11.2. The van der Waals surface area contributed by atoms with E-state index in [0.717, 1.165) is 29.2 Å². The SMILES string of the molecule is COc1cc(Nc2nc(Nc3ccc(OCCN4CCCC4)cc3)ncc2C#N)c(C)cc1Cl. The van der Waals surface area contributed by atoms with Crippen LogP contribution in [0.25, 0.3) is 0 Å². The Morgan fingerprint density at radius 2 is 1.91 bits per heavy atom. The molecule has 0 atom stereocenters. The van der Waals surface area contributed by atoms with Gasteiger partial charge >= 0.3 is 0 Å². The van der Waals surface area contributed by atoms with Crippen molar-refractivity contribution in [2.24, 2.45) is 0 Å². The topological polar surface area (TPSA) is 95.3 Å². The predicted octanol–water partition coefficient (Wildman–Crippen LogP) is 5.28. The first kappa shape index (κ1) is 23.6. The molecule has 1 aromatic heterocycles. The van der Waals surface area contributed by atoms with Crippen LogP contribution in [0.15, 0.2) is 42.6 Å². The Morgan fingerprint density at radius 3 is 2.62 bits per heavy atom. The van der Waals surface area contributed by atoms with Gasteiger partial charge in [-0.3, -0.25) is 4.90 Å². The largest absolute Gasteiger partial charge is 0.495 e. The molecule has 0 unspecified atom stereocenters. The molecule has 1 aliphatic rings. The first-order valence-corrected chi connectivity index (χ1v) is 11.5. The van der Waals surface area contributed by atoms with Gasteiger partial charge in [0.05, 0.1) is 18.3 Å². The number of rotatable bonds is 9. The van der Waals surface area contributed by atoms with Gasteiger partial charge in [0.15, 0.2) is 5.82 Å². The summed E-state index contributed by atoms with van der Waals surface area (Å²) in [6.07, 6.45) is 4.04. The van der Waals surface area contributed by atoms with Gasteiger partial charge in [-0.25, -0.2) is 4.98 Å². The van der Waals surface area contributed by atoms with Crippen LogP contribution in [0.3, 0.4) is 0 Å². The van der Waals surface area contributed by atoms with Crippen molar-refractivity contribution < 1.29 is 9.47 Å². The fourth-order valence-electron chi connectivity index (χ4n) is 3.75. The second-order valence-corrected chi connectivity index (χ2v) is 8.45. The zero-order valence-electron chi connectivity index (χ0n) is 19.3. The zero-order valence-corrected chi connectivity index (χ0v) is 20.0. The third-order valence-corrected chi connectivity index (χ3v) is 5.94. The number of hydrogen-bond acceptors (Lipinski definition) is 8. The van der Waals surface area contributed by atoms with E-state index in [-0.39, 0.29) is 0 Å². The van der Waals surface area contributed by atoms with Gasteiger partial charge in [-0.15, -0.1) is 0 Å². The van der Waals surface area contributed by atoms with Crippen LogP contribution in [-0.2, 0) is 0 Å². The van der Waals surface area contributed by atoms with Gasteiger partial charge in [0.25, 0.3) is 0 Å². The summed E-state index contributed by atoms with van der Waals surface area (Å²) in [5, 5.41) is 16.4. The maximum Gasteiger partial charge on any atom is 0.229 e. The fourth-order valence-corrected chi connectivity index (χ4v) is 4.05. The summed E-state index contributed by atoms with van der Waals surface area (Å²) in [4.78, 5) is 11.2. The molecule has 0 amide bonds. The third kappa shape index (κ3) is 5.87. The van der Waals surface area contributed by atoms with Crippen LogP contribution in [0.4, 0.5) is 23.1 Å². The monoisotopic (exact) mass is 478 g/mol. The van der Waals surface area contributed by atoms with Crippen molar-refractivity contribution in [2.75, 3.05) is 44.0 Å². The molecule has 1 saturated heterocycles. The zero-order chi connectivity index (χ0) is 23.9. The summed E-state index contributed by atoms with van der Waals surface area (Å²) in [5.74, 6) is 2.10. The Kier molecular flexibility index (Phi) is 7.68. The summed E-state index contributed by atoms with van der Waals surface area (Å²) in [5.41, 5.74) is 2.76. The van der Waals surface area contributed by atoms with E-state index in [0.29, 0.717) is 34.7 Å². The van der Waals surface area contributed by atoms with Crippen molar-refractivity contribution in [1.82, 2.24) is 14.9 Å². The minimum Gasteiger partial charge on any atom is -0.495 e. The lowest BCUT2D eigenvalue weighted by Crippen LogP contribution is -2.25. The molecule has 1 aliphatic heterocycles. The maximum atomic E-state index is 9.51. The molecule has 0 radical (unpaired) electrons. The molecule has 0 saturated carbocycles. The van der Waals surface area contributed by atoms with Crippen molar-refractivity contribution in [3.63, 3.8) is 0 Å². The molecule has 34 heavy (non-hydrogen) atoms. The van der Waals surface area contributed by atoms with Gasteiger partial charge < -0.3 is 20.1 Å². The van der Waals surface area contributed by atoms with Crippen molar-refractivity contribution in [3.8, 4) is 17.6 Å². The van der Waals surface area contributed by atoms with E-state index in [1.807, 2.05) is 31.2 Å². The summed E-state index contributed by atoms with van der Waals surface area (Å²) in [6, 6.07) is 13.3. The van der Waals surface area contributed by atoms with E-state index in [1.165, 1.54) is 32.1 Å². The van der Waals surface area contributed by atoms with Gasteiger partial charge in [0.1, 0.15) is 29.7 Å². The number of nitriles is 1. The normalized spacial score (nSPS) is 13.4. The van der Waals surface area contributed by atoms with Gasteiger partial charge in [0.2, 0.25) is 5.95 Å². The van der Waals surface area contributed by atoms with Gasteiger partial charge in [-0.2, -0.15) is 10.2 Å². The smallest absolute Gasteiger partial charge is 0.229 e. The maximum absolute atomic E-state index is 9.51. The molecule has 9 heteroatoms. The number of nitrogens with one attached hydrogen (secondary N) is 2. The number of hydrogen-bond donors (Lipinski definition) is 2. The van der Waals surface area contributed by atoms with E-state index in [4.69, 9.17) is 21.1 Å². The number of anilines is 4. The van der Waals surface area contributed by atoms with E-state index in [1.54, 1.807) is 19.2 Å². The molecule has 176 valence electrons. The lowest BCUT2D eigenvalue weighted by atomic mass is 10.2. The highest BCUT2D eigenvalue weighted by atomic mass is 35.5. The van der Waals surface area contributed by atoms with Crippen LogP contribution < -0.4 is 20.1 Å². The Morgan fingerprint density at radius 1 is 1.15 bits per heavy atom. The molecule has 0 spiro atoms. The number of methoxy groups -OCH3 is 1. The second-order valence-electron chi connectivity index (χ2n) is 8.04. The predicted molar refractivity (Wildman–Crippen MR) is 134 cm³/mol. The lowest BCUT2D eigenvalue weighted by Gasteiger charge is -2.15. The summed E-state index contributed by atoms with van der Waals surface area (Å²) < 4.78 is 11.2. The molecule has 2 aromatic carbocycles. The number of likely N-dealkylation sites (tertiary alicyclic amines) is 1. The molecular formula is C25H27ClN6O2. The quantitative estimate of drug-likeness (QED) is 0.429. The van der Waals surface area contributed by atoms with Crippen LogP contribution in [0.5, 0.6) is 11.5 Å². The van der Waals surface area contributed by atoms with Gasteiger partial charge in [-0.1, -0.05) is 11.6 Å². The van der Waals surface area contributed by atoms with E-state index in [9.17, 15) is 5.26 Å². The highest BCUT2D eigenvalue weighted by Gasteiger charge is 2.13. The van der Waals surface area contributed by atoms with Crippen LogP contribution in [-0.4, -0.2) is 48.2 Å². The van der Waals surface area contributed by atoms with E-state index >= 15 is 0 Å². The number of aryl methyl sites for hydroxylation is 1. The fraction of sp³-hybridized carbons (Fsp3) is 0.320. The molecule has 8 nitrogen and oxygen atoms in total. The van der Waals surface area contributed by atoms with Gasteiger partial charge in [0, 0.05) is 24.0 Å². The van der Waals surface area contributed by atoms with Crippen molar-refractivity contribution in [3.05, 3.63) is 58.7 Å². The second kappa shape index (κ2) is 11.1. The number of aromatic nitrogens is 2. The first-order chi connectivity index (χ1) is 16.6. The van der Waals surface area contributed by atoms with Crippen molar-refractivity contribution in [1.29, 1.82) is 5.26 Å². The number of benzene rings is 2. The van der Waals surface area contributed by atoms with E-state index < -0.39 is 0 Å². The van der Waals surface area contributed by atoms with Crippen LogP contribution in [0.1, 0.15) is 24.0 Å². The molecule has 0 aliphatic carbocycles. The van der Waals surface area contributed by atoms with Gasteiger partial charge in [-0.05, 0) is 68.8 Å².